The Morgan fingerprint density at radius 2 is 1.97 bits per heavy atom. The molecule has 0 saturated carbocycles. The SMILES string of the molecule is Cc1nc(N)nc2c1C(=O)N(CCC(C)C)[C@@H](c1ccc(F)c(-c3cccnc3F)c1)C2. The first-order valence-corrected chi connectivity index (χ1v) is 10.6. The van der Waals surface area contributed by atoms with Gasteiger partial charge in [-0.1, -0.05) is 19.9 Å². The highest BCUT2D eigenvalue weighted by Crippen LogP contribution is 2.36. The van der Waals surface area contributed by atoms with Gasteiger partial charge < -0.3 is 10.6 Å². The molecule has 0 bridgehead atoms. The lowest BCUT2D eigenvalue weighted by Crippen LogP contribution is -2.42. The number of nitrogens with zero attached hydrogens (tertiary/aromatic N) is 4. The van der Waals surface area contributed by atoms with Crippen LogP contribution in [-0.4, -0.2) is 32.3 Å². The summed E-state index contributed by atoms with van der Waals surface area (Å²) in [7, 11) is 0. The van der Waals surface area contributed by atoms with Crippen LogP contribution in [0.5, 0.6) is 0 Å². The molecule has 0 aliphatic carbocycles. The number of amides is 1. The lowest BCUT2D eigenvalue weighted by atomic mass is 9.89. The fourth-order valence-corrected chi connectivity index (χ4v) is 4.16. The molecule has 1 amide bonds. The molecule has 0 radical (unpaired) electrons. The van der Waals surface area contributed by atoms with Gasteiger partial charge in [-0.05, 0) is 49.1 Å². The van der Waals surface area contributed by atoms with Crippen molar-refractivity contribution in [3.05, 3.63) is 70.8 Å². The Morgan fingerprint density at radius 3 is 2.69 bits per heavy atom. The van der Waals surface area contributed by atoms with E-state index in [0.29, 0.717) is 41.4 Å². The van der Waals surface area contributed by atoms with Crippen molar-refractivity contribution < 1.29 is 13.6 Å². The molecule has 8 heteroatoms. The Kier molecular flexibility index (Phi) is 5.86. The van der Waals surface area contributed by atoms with E-state index in [2.05, 4.69) is 28.8 Å². The fourth-order valence-electron chi connectivity index (χ4n) is 4.16. The minimum atomic E-state index is -0.749. The van der Waals surface area contributed by atoms with Crippen LogP contribution in [0.15, 0.2) is 36.5 Å². The van der Waals surface area contributed by atoms with Crippen LogP contribution < -0.4 is 5.73 Å². The third kappa shape index (κ3) is 4.04. The summed E-state index contributed by atoms with van der Waals surface area (Å²) < 4.78 is 29.0. The number of nitrogen functional groups attached to an aromatic ring is 1. The van der Waals surface area contributed by atoms with E-state index < -0.39 is 11.8 Å². The molecule has 0 fully saturated rings. The third-order valence-corrected chi connectivity index (χ3v) is 5.79. The van der Waals surface area contributed by atoms with E-state index in [1.807, 2.05) is 0 Å². The minimum Gasteiger partial charge on any atom is -0.368 e. The number of hydrogen-bond donors (Lipinski definition) is 1. The van der Waals surface area contributed by atoms with Gasteiger partial charge in [-0.15, -0.1) is 0 Å². The number of carbonyl (C=O) groups is 1. The van der Waals surface area contributed by atoms with E-state index in [-0.39, 0.29) is 29.0 Å². The molecule has 1 atom stereocenters. The summed E-state index contributed by atoms with van der Waals surface area (Å²) in [6.07, 6.45) is 2.53. The Morgan fingerprint density at radius 1 is 1.19 bits per heavy atom. The van der Waals surface area contributed by atoms with Gasteiger partial charge in [0.1, 0.15) is 5.82 Å². The lowest BCUT2D eigenvalue weighted by molar-refractivity contribution is 0.0632. The number of rotatable bonds is 5. The number of fused-ring (bicyclic) bond motifs is 1. The number of carbonyl (C=O) groups excluding carboxylic acids is 1. The predicted octanol–water partition coefficient (Wildman–Crippen LogP) is 4.49. The van der Waals surface area contributed by atoms with Crippen LogP contribution in [0, 0.1) is 24.6 Å². The molecule has 0 saturated heterocycles. The van der Waals surface area contributed by atoms with E-state index in [0.717, 1.165) is 6.42 Å². The fraction of sp³-hybridized carbons (Fsp3) is 0.333. The summed E-state index contributed by atoms with van der Waals surface area (Å²) in [6.45, 7) is 6.45. The van der Waals surface area contributed by atoms with Crippen LogP contribution in [-0.2, 0) is 6.42 Å². The molecule has 2 aromatic heterocycles. The maximum atomic E-state index is 14.7. The van der Waals surface area contributed by atoms with Crippen molar-refractivity contribution in [3.63, 3.8) is 0 Å². The van der Waals surface area contributed by atoms with Crippen LogP contribution in [0.25, 0.3) is 11.1 Å². The van der Waals surface area contributed by atoms with Crippen LogP contribution in [0.4, 0.5) is 14.7 Å². The summed E-state index contributed by atoms with van der Waals surface area (Å²) in [5.41, 5.74) is 8.30. The highest BCUT2D eigenvalue weighted by molar-refractivity contribution is 5.97. The maximum absolute atomic E-state index is 14.7. The van der Waals surface area contributed by atoms with Gasteiger partial charge in [-0.2, -0.15) is 4.39 Å². The molecule has 32 heavy (non-hydrogen) atoms. The molecule has 3 heterocycles. The first-order valence-electron chi connectivity index (χ1n) is 10.6. The molecule has 0 spiro atoms. The highest BCUT2D eigenvalue weighted by atomic mass is 19.1. The molecule has 4 rings (SSSR count). The largest absolute Gasteiger partial charge is 0.368 e. The molecular weight excluding hydrogens is 412 g/mol. The van der Waals surface area contributed by atoms with Gasteiger partial charge >= 0.3 is 0 Å². The summed E-state index contributed by atoms with van der Waals surface area (Å²) in [5, 5.41) is 0. The topological polar surface area (TPSA) is 85.0 Å². The minimum absolute atomic E-state index is 0.0746. The number of aryl methyl sites for hydroxylation is 1. The first kappa shape index (κ1) is 21.8. The van der Waals surface area contributed by atoms with Gasteiger partial charge in [0.05, 0.1) is 23.0 Å². The van der Waals surface area contributed by atoms with Crippen molar-refractivity contribution in [3.8, 4) is 11.1 Å². The van der Waals surface area contributed by atoms with Crippen LogP contribution in [0.3, 0.4) is 0 Å². The van der Waals surface area contributed by atoms with Crippen LogP contribution >= 0.6 is 0 Å². The summed E-state index contributed by atoms with van der Waals surface area (Å²) >= 11 is 0. The Balaban J connectivity index is 1.82. The van der Waals surface area contributed by atoms with E-state index in [1.54, 1.807) is 30.0 Å². The van der Waals surface area contributed by atoms with Gasteiger partial charge in [0.25, 0.3) is 5.91 Å². The summed E-state index contributed by atoms with van der Waals surface area (Å²) in [4.78, 5) is 27.4. The van der Waals surface area contributed by atoms with Crippen molar-refractivity contribution in [1.29, 1.82) is 0 Å². The van der Waals surface area contributed by atoms with Gasteiger partial charge in [0.2, 0.25) is 11.9 Å². The van der Waals surface area contributed by atoms with E-state index in [1.165, 1.54) is 18.3 Å². The first-order chi connectivity index (χ1) is 15.3. The van der Waals surface area contributed by atoms with Crippen molar-refractivity contribution in [2.24, 2.45) is 5.92 Å². The number of benzene rings is 1. The zero-order valence-electron chi connectivity index (χ0n) is 18.3. The monoisotopic (exact) mass is 437 g/mol. The van der Waals surface area contributed by atoms with Crippen molar-refractivity contribution in [2.45, 2.75) is 39.7 Å². The standard InChI is InChI=1S/C24H25F2N5O/c1-13(2)8-10-31-20(12-19-21(23(31)32)14(3)29-24(27)30-19)15-6-7-18(25)17(11-15)16-5-4-9-28-22(16)26/h4-7,9,11,13,20H,8,10,12H2,1-3H3,(H2,27,29,30)/t20-/m1/s1. The molecule has 1 aliphatic heterocycles. The Hall–Kier alpha value is -3.42. The molecular formula is C24H25F2N5O. The normalized spacial score (nSPS) is 15.9. The average Bonchev–Trinajstić information content (AvgIpc) is 2.73. The zero-order chi connectivity index (χ0) is 23.0. The van der Waals surface area contributed by atoms with Gasteiger partial charge in [-0.3, -0.25) is 4.79 Å². The van der Waals surface area contributed by atoms with E-state index >= 15 is 0 Å². The number of pyridine rings is 1. The third-order valence-electron chi connectivity index (χ3n) is 5.79. The number of halogens is 2. The highest BCUT2D eigenvalue weighted by Gasteiger charge is 2.36. The zero-order valence-corrected chi connectivity index (χ0v) is 18.3. The predicted molar refractivity (Wildman–Crippen MR) is 118 cm³/mol. The molecule has 6 nitrogen and oxygen atoms in total. The molecule has 0 unspecified atom stereocenters. The van der Waals surface area contributed by atoms with Gasteiger partial charge in [0.15, 0.2) is 0 Å². The average molecular weight is 437 g/mol. The van der Waals surface area contributed by atoms with Gasteiger partial charge in [0, 0.05) is 30.3 Å². The second-order valence-corrected chi connectivity index (χ2v) is 8.47. The molecule has 1 aromatic carbocycles. The van der Waals surface area contributed by atoms with E-state index in [9.17, 15) is 13.6 Å². The van der Waals surface area contributed by atoms with Crippen molar-refractivity contribution in [1.82, 2.24) is 19.9 Å². The van der Waals surface area contributed by atoms with Gasteiger partial charge in [-0.25, -0.2) is 19.3 Å². The summed E-state index contributed by atoms with van der Waals surface area (Å²) in [5.74, 6) is -0.976. The molecule has 166 valence electrons. The quantitative estimate of drug-likeness (QED) is 0.595. The van der Waals surface area contributed by atoms with E-state index in [4.69, 9.17) is 5.73 Å². The van der Waals surface area contributed by atoms with Crippen molar-refractivity contribution in [2.75, 3.05) is 12.3 Å². The van der Waals surface area contributed by atoms with Crippen molar-refractivity contribution >= 4 is 11.9 Å². The Bertz CT molecular complexity index is 1180. The second-order valence-electron chi connectivity index (χ2n) is 8.47. The number of hydrogen-bond acceptors (Lipinski definition) is 5. The lowest BCUT2D eigenvalue weighted by Gasteiger charge is -2.37. The Labute approximate surface area is 185 Å². The summed E-state index contributed by atoms with van der Waals surface area (Å²) in [6, 6.07) is 7.19. The number of anilines is 1. The maximum Gasteiger partial charge on any atom is 0.258 e. The van der Waals surface area contributed by atoms with Crippen LogP contribution in [0.2, 0.25) is 0 Å². The second kappa shape index (κ2) is 8.61. The smallest absolute Gasteiger partial charge is 0.258 e. The molecule has 1 aliphatic rings. The van der Waals surface area contributed by atoms with Crippen LogP contribution in [0.1, 0.15) is 53.6 Å². The number of nitrogens with two attached hydrogens (primary N) is 1. The molecule has 3 aromatic rings. The number of aromatic nitrogens is 3. The molecule has 2 N–H and O–H groups in total.